The summed E-state index contributed by atoms with van der Waals surface area (Å²) in [5, 5.41) is 10.6. The molecule has 34 heavy (non-hydrogen) atoms. The monoisotopic (exact) mass is 485 g/mol. The molecule has 5 rings (SSSR count). The lowest BCUT2D eigenvalue weighted by molar-refractivity contribution is -0.138. The maximum atomic E-state index is 13.0. The van der Waals surface area contributed by atoms with Gasteiger partial charge in [0.2, 0.25) is 5.91 Å². The SMILES string of the molecule is O=C(CSc1nnc2ccc(C(F)(F)F)cn12)N1CCN(Cc2cccc3ccccc23)CC1. The molecule has 6 nitrogen and oxygen atoms in total. The van der Waals surface area contributed by atoms with Gasteiger partial charge in [0.1, 0.15) is 0 Å². The van der Waals surface area contributed by atoms with Crippen LogP contribution in [0.3, 0.4) is 0 Å². The minimum absolute atomic E-state index is 0.0569. The zero-order chi connectivity index (χ0) is 23.7. The summed E-state index contributed by atoms with van der Waals surface area (Å²) in [6, 6.07) is 16.9. The number of nitrogens with zero attached hydrogens (tertiary/aromatic N) is 5. The van der Waals surface area contributed by atoms with Crippen molar-refractivity contribution in [2.45, 2.75) is 17.9 Å². The number of carbonyl (C=O) groups is 1. The summed E-state index contributed by atoms with van der Waals surface area (Å²) in [6.07, 6.45) is -3.49. The fraction of sp³-hybridized carbons (Fsp3) is 0.292. The number of hydrogen-bond donors (Lipinski definition) is 0. The number of piperazine rings is 1. The summed E-state index contributed by atoms with van der Waals surface area (Å²) in [6.45, 7) is 3.59. The van der Waals surface area contributed by atoms with Gasteiger partial charge in [0, 0.05) is 38.9 Å². The highest BCUT2D eigenvalue weighted by Gasteiger charge is 2.31. The molecule has 0 radical (unpaired) electrons. The molecule has 0 saturated carbocycles. The Bertz CT molecular complexity index is 1330. The van der Waals surface area contributed by atoms with Crippen molar-refractivity contribution in [3.8, 4) is 0 Å². The second-order valence-electron chi connectivity index (χ2n) is 8.21. The minimum atomic E-state index is -4.46. The largest absolute Gasteiger partial charge is 0.417 e. The van der Waals surface area contributed by atoms with Gasteiger partial charge in [-0.2, -0.15) is 13.2 Å². The molecule has 0 spiro atoms. The molecule has 1 amide bonds. The van der Waals surface area contributed by atoms with E-state index in [9.17, 15) is 18.0 Å². The minimum Gasteiger partial charge on any atom is -0.339 e. The maximum Gasteiger partial charge on any atom is 0.417 e. The van der Waals surface area contributed by atoms with Gasteiger partial charge in [-0.25, -0.2) is 0 Å². The average molecular weight is 486 g/mol. The van der Waals surface area contributed by atoms with E-state index < -0.39 is 11.7 Å². The Balaban J connectivity index is 1.17. The van der Waals surface area contributed by atoms with Crippen molar-refractivity contribution < 1.29 is 18.0 Å². The second-order valence-corrected chi connectivity index (χ2v) is 9.15. The van der Waals surface area contributed by atoms with Crippen LogP contribution in [0.15, 0.2) is 66.0 Å². The van der Waals surface area contributed by atoms with Gasteiger partial charge >= 0.3 is 6.18 Å². The van der Waals surface area contributed by atoms with Crippen LogP contribution in [0, 0.1) is 0 Å². The highest BCUT2D eigenvalue weighted by molar-refractivity contribution is 7.99. The van der Waals surface area contributed by atoms with Crippen LogP contribution in [0.2, 0.25) is 0 Å². The van der Waals surface area contributed by atoms with Gasteiger partial charge in [0.25, 0.3) is 0 Å². The Hall–Kier alpha value is -3.11. The van der Waals surface area contributed by atoms with Crippen molar-refractivity contribution in [3.05, 3.63) is 71.9 Å². The molecule has 1 aliphatic rings. The Labute approximate surface area is 198 Å². The number of amides is 1. The number of thioether (sulfide) groups is 1. The third-order valence-corrected chi connectivity index (χ3v) is 6.95. The molecular formula is C24H22F3N5OS. The zero-order valence-electron chi connectivity index (χ0n) is 18.2. The van der Waals surface area contributed by atoms with E-state index in [2.05, 4.69) is 45.4 Å². The molecule has 1 aliphatic heterocycles. The molecule has 2 aromatic carbocycles. The van der Waals surface area contributed by atoms with Crippen LogP contribution in [-0.4, -0.2) is 62.2 Å². The molecule has 1 saturated heterocycles. The molecule has 2 aromatic heterocycles. The third kappa shape index (κ3) is 4.74. The van der Waals surface area contributed by atoms with Gasteiger partial charge in [-0.3, -0.25) is 14.1 Å². The van der Waals surface area contributed by atoms with Gasteiger partial charge in [0.05, 0.1) is 11.3 Å². The molecule has 0 unspecified atom stereocenters. The first kappa shape index (κ1) is 22.7. The fourth-order valence-corrected chi connectivity index (χ4v) is 5.00. The van der Waals surface area contributed by atoms with Crippen LogP contribution in [0.25, 0.3) is 16.4 Å². The number of alkyl halides is 3. The molecule has 4 aromatic rings. The molecule has 10 heteroatoms. The van der Waals surface area contributed by atoms with Gasteiger partial charge in [0.15, 0.2) is 10.8 Å². The van der Waals surface area contributed by atoms with Crippen molar-refractivity contribution in [2.24, 2.45) is 0 Å². The first-order chi connectivity index (χ1) is 16.4. The lowest BCUT2D eigenvalue weighted by Gasteiger charge is -2.35. The van der Waals surface area contributed by atoms with Gasteiger partial charge in [-0.05, 0) is 28.5 Å². The molecule has 0 atom stereocenters. The predicted molar refractivity (Wildman–Crippen MR) is 125 cm³/mol. The predicted octanol–water partition coefficient (Wildman–Crippen LogP) is 4.34. The van der Waals surface area contributed by atoms with Gasteiger partial charge in [-0.15, -0.1) is 10.2 Å². The van der Waals surface area contributed by atoms with E-state index in [4.69, 9.17) is 0 Å². The smallest absolute Gasteiger partial charge is 0.339 e. The molecule has 0 aliphatic carbocycles. The number of carbonyl (C=O) groups excluding carboxylic acids is 1. The molecule has 1 fully saturated rings. The van der Waals surface area contributed by atoms with E-state index in [0.29, 0.717) is 18.7 Å². The molecule has 0 N–H and O–H groups in total. The highest BCUT2D eigenvalue weighted by atomic mass is 32.2. The Morgan fingerprint density at radius 2 is 1.71 bits per heavy atom. The van der Waals surface area contributed by atoms with Gasteiger partial charge < -0.3 is 4.90 Å². The molecule has 0 bridgehead atoms. The van der Waals surface area contributed by atoms with E-state index in [1.807, 2.05) is 12.1 Å². The van der Waals surface area contributed by atoms with Crippen LogP contribution in [0.1, 0.15) is 11.1 Å². The fourth-order valence-electron chi connectivity index (χ4n) is 4.18. The van der Waals surface area contributed by atoms with Crippen molar-refractivity contribution in [3.63, 3.8) is 0 Å². The van der Waals surface area contributed by atoms with Crippen molar-refractivity contribution >= 4 is 34.1 Å². The summed E-state index contributed by atoms with van der Waals surface area (Å²) < 4.78 is 40.4. The normalized spacial score (nSPS) is 15.3. The summed E-state index contributed by atoms with van der Waals surface area (Å²) in [7, 11) is 0. The second kappa shape index (κ2) is 9.27. The van der Waals surface area contributed by atoms with Crippen LogP contribution in [0.5, 0.6) is 0 Å². The van der Waals surface area contributed by atoms with Crippen LogP contribution < -0.4 is 0 Å². The van der Waals surface area contributed by atoms with Gasteiger partial charge in [-0.1, -0.05) is 54.2 Å². The Morgan fingerprint density at radius 3 is 2.50 bits per heavy atom. The maximum absolute atomic E-state index is 13.0. The summed E-state index contributed by atoms with van der Waals surface area (Å²) in [4.78, 5) is 16.9. The van der Waals surface area contributed by atoms with E-state index in [1.54, 1.807) is 4.90 Å². The lowest BCUT2D eigenvalue weighted by atomic mass is 10.0. The van der Waals surface area contributed by atoms with Crippen LogP contribution in [-0.2, 0) is 17.5 Å². The van der Waals surface area contributed by atoms with E-state index >= 15 is 0 Å². The number of rotatable bonds is 5. The number of benzene rings is 2. The standard InChI is InChI=1S/C24H22F3N5OS/c25-24(26,27)19-8-9-21-28-29-23(32(21)15-19)34-16-22(33)31-12-10-30(11-13-31)14-18-6-3-5-17-4-1-2-7-20(17)18/h1-9,15H,10-14,16H2. The highest BCUT2D eigenvalue weighted by Crippen LogP contribution is 2.30. The van der Waals surface area contributed by atoms with Crippen molar-refractivity contribution in [1.29, 1.82) is 0 Å². The van der Waals surface area contributed by atoms with Crippen LogP contribution >= 0.6 is 11.8 Å². The van der Waals surface area contributed by atoms with Crippen molar-refractivity contribution in [1.82, 2.24) is 24.4 Å². The van der Waals surface area contributed by atoms with E-state index in [0.717, 1.165) is 43.7 Å². The third-order valence-electron chi connectivity index (χ3n) is 6.02. The Kier molecular flexibility index (Phi) is 6.18. The lowest BCUT2D eigenvalue weighted by Crippen LogP contribution is -2.48. The van der Waals surface area contributed by atoms with Crippen molar-refractivity contribution in [2.75, 3.05) is 31.9 Å². The summed E-state index contributed by atoms with van der Waals surface area (Å²) >= 11 is 1.10. The molecule has 3 heterocycles. The summed E-state index contributed by atoms with van der Waals surface area (Å²) in [5.74, 6) is 0.0407. The molecule has 176 valence electrons. The number of aromatic nitrogens is 3. The van der Waals surface area contributed by atoms with Crippen LogP contribution in [0.4, 0.5) is 13.2 Å². The van der Waals surface area contributed by atoms with E-state index in [-0.39, 0.29) is 16.8 Å². The zero-order valence-corrected chi connectivity index (χ0v) is 19.0. The average Bonchev–Trinajstić information content (AvgIpc) is 3.25. The number of fused-ring (bicyclic) bond motifs is 2. The first-order valence-electron chi connectivity index (χ1n) is 10.9. The number of halogens is 3. The Morgan fingerprint density at radius 1 is 0.941 bits per heavy atom. The first-order valence-corrected chi connectivity index (χ1v) is 11.9. The quantitative estimate of drug-likeness (QED) is 0.394. The molecular weight excluding hydrogens is 463 g/mol. The summed E-state index contributed by atoms with van der Waals surface area (Å²) in [5.41, 5.74) is 0.797. The number of pyridine rings is 1. The van der Waals surface area contributed by atoms with E-state index in [1.165, 1.54) is 26.8 Å². The number of hydrogen-bond acceptors (Lipinski definition) is 5. The topological polar surface area (TPSA) is 53.7 Å².